The first-order valence-corrected chi connectivity index (χ1v) is 18.9. The zero-order valence-electron chi connectivity index (χ0n) is 30.5. The van der Waals surface area contributed by atoms with Crippen molar-refractivity contribution in [2.45, 2.75) is 158 Å². The number of aliphatic hydroxyl groups is 7. The van der Waals surface area contributed by atoms with Crippen LogP contribution in [0.5, 0.6) is 0 Å². The number of hydrogen-bond donors (Lipinski definition) is 7. The van der Waals surface area contributed by atoms with Gasteiger partial charge in [0, 0.05) is 42.3 Å². The Morgan fingerprint density at radius 3 is 2.38 bits per heavy atom. The minimum Gasteiger partial charge on any atom is -0.456 e. The maximum atomic E-state index is 13.5. The maximum Gasteiger partial charge on any atom is 0.341 e. The van der Waals surface area contributed by atoms with Crippen LogP contribution in [-0.2, 0) is 23.8 Å². The molecule has 0 unspecified atom stereocenters. The Kier molecular flexibility index (Phi) is 8.52. The number of nitrogens with zero attached hydrogens (tertiary/aromatic N) is 1. The summed E-state index contributed by atoms with van der Waals surface area (Å²) in [6.45, 7) is 13.1. The highest BCUT2D eigenvalue weighted by Crippen LogP contribution is 2.77. The lowest BCUT2D eigenvalue weighted by Crippen LogP contribution is -2.77. The molecular formula is C37H59NO12. The second-order valence-corrected chi connectivity index (χ2v) is 18.2. The molecule has 1 spiro atoms. The van der Waals surface area contributed by atoms with Crippen molar-refractivity contribution in [2.75, 3.05) is 13.1 Å². The topological polar surface area (TPSA) is 207 Å². The highest BCUT2D eigenvalue weighted by Gasteiger charge is 2.87. The maximum absolute atomic E-state index is 13.5. The van der Waals surface area contributed by atoms with E-state index in [1.54, 1.807) is 13.8 Å². The first-order chi connectivity index (χ1) is 23.1. The normalized spacial score (nSPS) is 54.6. The minimum atomic E-state index is -2.25. The third kappa shape index (κ3) is 4.57. The molecule has 0 aromatic carbocycles. The summed E-state index contributed by atoms with van der Waals surface area (Å²) in [6, 6.07) is -0.238. The Labute approximate surface area is 294 Å². The predicted octanol–water partition coefficient (Wildman–Crippen LogP) is 0.466. The van der Waals surface area contributed by atoms with Crippen molar-refractivity contribution in [2.24, 2.45) is 46.8 Å². The summed E-state index contributed by atoms with van der Waals surface area (Å²) in [6.07, 6.45) is -4.15. The molecular weight excluding hydrogens is 650 g/mol. The second-order valence-electron chi connectivity index (χ2n) is 18.2. The van der Waals surface area contributed by atoms with Crippen LogP contribution in [0.2, 0.25) is 0 Å². The molecule has 0 radical (unpaired) electrons. The van der Waals surface area contributed by atoms with E-state index in [1.807, 2.05) is 13.8 Å². The van der Waals surface area contributed by atoms with Gasteiger partial charge in [0.2, 0.25) is 5.79 Å². The third-order valence-electron chi connectivity index (χ3n) is 15.5. The average Bonchev–Trinajstić information content (AvgIpc) is 3.31. The summed E-state index contributed by atoms with van der Waals surface area (Å²) in [5.41, 5.74) is -7.89. The highest BCUT2D eigenvalue weighted by atomic mass is 16.7. The molecule has 7 rings (SSSR count). The van der Waals surface area contributed by atoms with Crippen LogP contribution < -0.4 is 0 Å². The standard InChI is InChI=1S/C37H59NO12/c1-8-18(3)30(42)49-29-27(41)26-20(16-38-15-17(2)9-10-24(38)34(26,7)45)21-14-35-28(36(21,29)46)22(40)13-23-32(35,5)12-11-25(37(23,47)50-35)48-31(43)33(6,44)19(4)39/h17-29,39-41,44-47H,8-16H2,1-7H3/t17-,18+,19-,20-,21+,22-,23-,24+,25-,26-,27-,28+,29+,32+,33-,34-,35-,36+,37+/m1/s1. The molecule has 13 heteroatoms. The summed E-state index contributed by atoms with van der Waals surface area (Å²) in [5.74, 6) is -7.78. The van der Waals surface area contributed by atoms with Gasteiger partial charge in [0.05, 0.1) is 35.4 Å². The van der Waals surface area contributed by atoms with Crippen molar-refractivity contribution in [1.29, 1.82) is 0 Å². The molecule has 284 valence electrons. The molecule has 7 N–H and O–H groups in total. The Balaban J connectivity index is 1.34. The minimum absolute atomic E-state index is 0.0328. The number of hydrogen-bond acceptors (Lipinski definition) is 13. The van der Waals surface area contributed by atoms with E-state index in [0.717, 1.165) is 26.3 Å². The number of rotatable bonds is 6. The molecule has 0 aromatic rings. The van der Waals surface area contributed by atoms with Crippen molar-refractivity contribution >= 4 is 11.9 Å². The second kappa shape index (κ2) is 11.5. The van der Waals surface area contributed by atoms with Crippen LogP contribution >= 0.6 is 0 Å². The Morgan fingerprint density at radius 2 is 1.74 bits per heavy atom. The number of fused-ring (bicyclic) bond motifs is 5. The van der Waals surface area contributed by atoms with E-state index in [-0.39, 0.29) is 25.3 Å². The van der Waals surface area contributed by atoms with E-state index in [4.69, 9.17) is 14.2 Å². The molecule has 4 saturated carbocycles. The molecule has 0 aromatic heterocycles. The summed E-state index contributed by atoms with van der Waals surface area (Å²) in [4.78, 5) is 28.9. The number of ether oxygens (including phenoxy) is 3. The molecule has 19 atom stereocenters. The van der Waals surface area contributed by atoms with Crippen molar-refractivity contribution in [1.82, 2.24) is 4.90 Å². The first-order valence-electron chi connectivity index (χ1n) is 18.9. The number of esters is 2. The summed E-state index contributed by atoms with van der Waals surface area (Å²) < 4.78 is 18.7. The van der Waals surface area contributed by atoms with Gasteiger partial charge in [-0.05, 0) is 83.5 Å². The largest absolute Gasteiger partial charge is 0.456 e. The number of aliphatic hydroxyl groups excluding tert-OH is 3. The van der Waals surface area contributed by atoms with Crippen LogP contribution in [0.3, 0.4) is 0 Å². The van der Waals surface area contributed by atoms with Crippen molar-refractivity contribution in [3.8, 4) is 0 Å². The smallest absolute Gasteiger partial charge is 0.341 e. The van der Waals surface area contributed by atoms with Crippen LogP contribution in [0, 0.1) is 46.8 Å². The Morgan fingerprint density at radius 1 is 1.06 bits per heavy atom. The van der Waals surface area contributed by atoms with Gasteiger partial charge in [-0.1, -0.05) is 27.7 Å². The molecule has 0 amide bonds. The van der Waals surface area contributed by atoms with E-state index >= 15 is 0 Å². The lowest BCUT2D eigenvalue weighted by atomic mass is 9.49. The van der Waals surface area contributed by atoms with Crippen LogP contribution in [0.1, 0.15) is 93.4 Å². The van der Waals surface area contributed by atoms with E-state index < -0.39 is 112 Å². The molecule has 3 saturated heterocycles. The van der Waals surface area contributed by atoms with Crippen LogP contribution in [0.25, 0.3) is 0 Å². The molecule has 3 aliphatic heterocycles. The molecule has 50 heavy (non-hydrogen) atoms. The van der Waals surface area contributed by atoms with Gasteiger partial charge in [0.1, 0.15) is 5.60 Å². The fourth-order valence-corrected chi connectivity index (χ4v) is 12.5. The lowest BCUT2D eigenvalue weighted by molar-refractivity contribution is -0.300. The summed E-state index contributed by atoms with van der Waals surface area (Å²) in [5, 5.41) is 83.5. The third-order valence-corrected chi connectivity index (χ3v) is 15.5. The zero-order valence-corrected chi connectivity index (χ0v) is 30.5. The van der Waals surface area contributed by atoms with Gasteiger partial charge in [0.25, 0.3) is 0 Å². The van der Waals surface area contributed by atoms with Gasteiger partial charge in [0.15, 0.2) is 17.8 Å². The summed E-state index contributed by atoms with van der Waals surface area (Å²) in [7, 11) is 0. The molecule has 4 bridgehead atoms. The molecule has 3 heterocycles. The fraction of sp³-hybridized carbons (Fsp3) is 0.946. The van der Waals surface area contributed by atoms with Crippen molar-refractivity contribution in [3.63, 3.8) is 0 Å². The fourth-order valence-electron chi connectivity index (χ4n) is 12.5. The lowest BCUT2D eigenvalue weighted by Gasteiger charge is -2.64. The van der Waals surface area contributed by atoms with Crippen molar-refractivity contribution in [3.05, 3.63) is 0 Å². The Hall–Kier alpha value is -1.42. The van der Waals surface area contributed by atoms with Crippen molar-refractivity contribution < 1.29 is 59.5 Å². The average molecular weight is 710 g/mol. The monoisotopic (exact) mass is 709 g/mol. The van der Waals surface area contributed by atoms with Gasteiger partial charge < -0.3 is 50.0 Å². The van der Waals surface area contributed by atoms with E-state index in [2.05, 4.69) is 11.8 Å². The molecule has 7 aliphatic rings. The van der Waals surface area contributed by atoms with Gasteiger partial charge >= 0.3 is 11.9 Å². The van der Waals surface area contributed by atoms with Crippen LogP contribution in [-0.4, -0.2) is 130 Å². The Bertz CT molecular complexity index is 1390. The predicted molar refractivity (Wildman–Crippen MR) is 176 cm³/mol. The SMILES string of the molecule is CC[C@H](C)C(=O)O[C@H]1[C@H](O)[C@H]2[C@H](CN3C[C@H](C)CC[C@H]3[C@@]2(C)O)[C@@H]2C[C@]34O[C@]5(O)[C@H](OC(=O)[C@](C)(O)[C@@H](C)O)CC[C@@]3(C)[C@H]5C[C@@H](O)[C@@H]4[C@@]21O. The quantitative estimate of drug-likeness (QED) is 0.188. The van der Waals surface area contributed by atoms with E-state index in [9.17, 15) is 45.3 Å². The number of carbonyl (C=O) groups is 2. The first kappa shape index (κ1) is 36.9. The molecule has 13 nitrogen and oxygen atoms in total. The van der Waals surface area contributed by atoms with Gasteiger partial charge in [-0.25, -0.2) is 4.79 Å². The molecule has 7 fully saturated rings. The van der Waals surface area contributed by atoms with Crippen LogP contribution in [0.15, 0.2) is 0 Å². The van der Waals surface area contributed by atoms with Gasteiger partial charge in [-0.2, -0.15) is 0 Å². The van der Waals surface area contributed by atoms with Gasteiger partial charge in [-0.15, -0.1) is 0 Å². The zero-order chi connectivity index (χ0) is 36.7. The number of piperidine rings is 2. The number of carbonyl (C=O) groups excluding carboxylic acids is 2. The summed E-state index contributed by atoms with van der Waals surface area (Å²) >= 11 is 0. The van der Waals surface area contributed by atoms with Gasteiger partial charge in [-0.3, -0.25) is 9.69 Å². The van der Waals surface area contributed by atoms with E-state index in [0.29, 0.717) is 25.3 Å². The molecule has 4 aliphatic carbocycles. The highest BCUT2D eigenvalue weighted by molar-refractivity contribution is 5.79. The van der Waals surface area contributed by atoms with Crippen LogP contribution in [0.4, 0.5) is 0 Å². The van der Waals surface area contributed by atoms with E-state index in [1.165, 1.54) is 6.92 Å².